The maximum atomic E-state index is 13.0. The first-order valence-electron chi connectivity index (χ1n) is 21.4. The third-order valence-corrected chi connectivity index (χ3v) is 10.6. The highest BCUT2D eigenvalue weighted by molar-refractivity contribution is 7.48. The van der Waals surface area contributed by atoms with E-state index in [1.54, 1.807) is 6.92 Å². The molecule has 0 aromatic carbocycles. The van der Waals surface area contributed by atoms with Crippen LogP contribution >= 0.6 is 7.82 Å². The molecule has 51 heavy (non-hydrogen) atoms. The highest BCUT2D eigenvalue weighted by Crippen LogP contribution is 2.49. The molecular weight excluding hydrogens is 663 g/mol. The molecule has 0 saturated carbocycles. The van der Waals surface area contributed by atoms with Crippen molar-refractivity contribution in [3.8, 4) is 0 Å². The van der Waals surface area contributed by atoms with Crippen molar-refractivity contribution < 1.29 is 37.2 Å². The van der Waals surface area contributed by atoms with Crippen LogP contribution < -0.4 is 0 Å². The number of carbonyl (C=O) groups is 2. The lowest BCUT2D eigenvalue weighted by Crippen LogP contribution is -2.29. The lowest BCUT2D eigenvalue weighted by molar-refractivity contribution is -0.161. The summed E-state index contributed by atoms with van der Waals surface area (Å²) >= 11 is 0. The minimum absolute atomic E-state index is 0.148. The van der Waals surface area contributed by atoms with Crippen LogP contribution in [0, 0.1) is 0 Å². The topological polar surface area (TPSA) is 97.4 Å². The monoisotopic (exact) mass is 745 g/mol. The highest BCUT2D eigenvalue weighted by Gasteiger charge is 2.29. The molecule has 0 heterocycles. The first-order valence-corrected chi connectivity index (χ1v) is 22.9. The van der Waals surface area contributed by atoms with Crippen LogP contribution in [0.4, 0.5) is 0 Å². The lowest BCUT2D eigenvalue weighted by Gasteiger charge is -2.22. The molecule has 0 rings (SSSR count). The molecule has 0 saturated heterocycles. The summed E-state index contributed by atoms with van der Waals surface area (Å²) < 4.78 is 40.2. The molecule has 0 aromatic heterocycles. The summed E-state index contributed by atoms with van der Waals surface area (Å²) in [6.45, 7) is 8.07. The van der Waals surface area contributed by atoms with Crippen LogP contribution in [-0.2, 0) is 37.2 Å². The number of hydrogen-bond acceptors (Lipinski definition) is 8. The molecule has 0 N–H and O–H groups in total. The van der Waals surface area contributed by atoms with E-state index in [0.717, 1.165) is 51.4 Å². The van der Waals surface area contributed by atoms with Crippen molar-refractivity contribution >= 4 is 19.8 Å². The van der Waals surface area contributed by atoms with Gasteiger partial charge in [0, 0.05) is 12.8 Å². The largest absolute Gasteiger partial charge is 0.474 e. The zero-order valence-electron chi connectivity index (χ0n) is 33.8. The van der Waals surface area contributed by atoms with Gasteiger partial charge in [-0.05, 0) is 51.9 Å². The van der Waals surface area contributed by atoms with Gasteiger partial charge in [-0.2, -0.15) is 0 Å². The minimum Gasteiger partial charge on any atom is -0.462 e. The Balaban J connectivity index is 4.37. The van der Waals surface area contributed by atoms with E-state index in [-0.39, 0.29) is 44.8 Å². The van der Waals surface area contributed by atoms with Crippen molar-refractivity contribution in [3.05, 3.63) is 12.2 Å². The van der Waals surface area contributed by atoms with Crippen LogP contribution in [0.3, 0.4) is 0 Å². The number of carbonyl (C=O) groups excluding carboxylic acids is 2. The van der Waals surface area contributed by atoms with Gasteiger partial charge >= 0.3 is 19.8 Å². The molecule has 8 nitrogen and oxygen atoms in total. The van der Waals surface area contributed by atoms with Gasteiger partial charge in [-0.25, -0.2) is 4.57 Å². The van der Waals surface area contributed by atoms with Crippen LogP contribution in [0.15, 0.2) is 12.2 Å². The van der Waals surface area contributed by atoms with E-state index in [1.807, 2.05) is 6.92 Å². The summed E-state index contributed by atoms with van der Waals surface area (Å²) in [5.74, 6) is -0.707. The van der Waals surface area contributed by atoms with Crippen LogP contribution in [-0.4, -0.2) is 44.5 Å². The third-order valence-electron chi connectivity index (χ3n) is 9.01. The van der Waals surface area contributed by atoms with E-state index in [4.69, 9.17) is 23.0 Å². The van der Waals surface area contributed by atoms with Gasteiger partial charge in [0.05, 0.1) is 19.8 Å². The molecule has 0 spiro atoms. The summed E-state index contributed by atoms with van der Waals surface area (Å²) in [6, 6.07) is 0. The fourth-order valence-electron chi connectivity index (χ4n) is 5.89. The Labute approximate surface area is 314 Å². The second-order valence-corrected chi connectivity index (χ2v) is 15.8. The van der Waals surface area contributed by atoms with Crippen LogP contribution in [0.25, 0.3) is 0 Å². The molecule has 0 aromatic rings. The van der Waals surface area contributed by atoms with E-state index in [9.17, 15) is 14.2 Å². The first-order chi connectivity index (χ1) is 24.9. The maximum absolute atomic E-state index is 13.0. The number of hydrogen-bond donors (Lipinski definition) is 0. The van der Waals surface area contributed by atoms with Gasteiger partial charge in [0.1, 0.15) is 6.61 Å². The molecule has 0 radical (unpaired) electrons. The van der Waals surface area contributed by atoms with Crippen LogP contribution in [0.1, 0.15) is 214 Å². The highest BCUT2D eigenvalue weighted by atomic mass is 31.2. The van der Waals surface area contributed by atoms with Crippen molar-refractivity contribution in [1.29, 1.82) is 0 Å². The normalized spacial score (nSPS) is 13.4. The van der Waals surface area contributed by atoms with Gasteiger partial charge in [0.25, 0.3) is 0 Å². The smallest absolute Gasteiger partial charge is 0.462 e. The Bertz CT molecular complexity index is 849. The first kappa shape index (κ1) is 49.8. The van der Waals surface area contributed by atoms with Gasteiger partial charge in [-0.3, -0.25) is 23.2 Å². The number of phosphoric ester groups is 1. The molecule has 0 aliphatic rings. The fraction of sp³-hybridized carbons (Fsp3) is 0.905. The van der Waals surface area contributed by atoms with E-state index in [0.29, 0.717) is 12.8 Å². The van der Waals surface area contributed by atoms with Crippen molar-refractivity contribution in [2.24, 2.45) is 0 Å². The van der Waals surface area contributed by atoms with E-state index >= 15 is 0 Å². The van der Waals surface area contributed by atoms with Crippen molar-refractivity contribution in [1.82, 2.24) is 0 Å². The lowest BCUT2D eigenvalue weighted by atomic mass is 10.0. The molecule has 0 aliphatic carbocycles. The fourth-order valence-corrected chi connectivity index (χ4v) is 7.19. The second-order valence-electron chi connectivity index (χ2n) is 14.1. The predicted octanol–water partition coefficient (Wildman–Crippen LogP) is 13.5. The quantitative estimate of drug-likeness (QED) is 0.0265. The van der Waals surface area contributed by atoms with Gasteiger partial charge in [0.2, 0.25) is 0 Å². The maximum Gasteiger partial charge on any atom is 0.474 e. The molecule has 0 fully saturated rings. The standard InChI is InChI=1S/C42H81O8P/c1-5-9-11-13-15-17-19-21-22-24-26-28-30-32-34-36-42(44)50-40(39-49-51(45,47-8-4)48-37-7-3)38-46-41(43)35-33-31-29-27-25-23-20-18-16-14-12-10-6-2/h21-22,40H,5-20,23-39H2,1-4H3/b22-21-/t40-,51?/m0/s1. The second kappa shape index (κ2) is 38.5. The summed E-state index contributed by atoms with van der Waals surface area (Å²) in [6.07, 6.45) is 36.5. The number of ether oxygens (including phenoxy) is 2. The van der Waals surface area contributed by atoms with E-state index in [2.05, 4.69) is 26.0 Å². The average molecular weight is 745 g/mol. The molecule has 0 bridgehead atoms. The zero-order valence-corrected chi connectivity index (χ0v) is 34.7. The number of phosphoric acid groups is 1. The SMILES string of the molecule is CCCCCCCC/C=C\CCCCCCCC(=O)O[C@@H](COC(=O)CCCCCCCCCCCCCCC)COP(=O)(OCC)OCCC. The van der Waals surface area contributed by atoms with Crippen LogP contribution in [0.5, 0.6) is 0 Å². The molecule has 1 unspecified atom stereocenters. The van der Waals surface area contributed by atoms with Crippen molar-refractivity contribution in [3.63, 3.8) is 0 Å². The Hall–Kier alpha value is -1.21. The van der Waals surface area contributed by atoms with Gasteiger partial charge in [-0.15, -0.1) is 0 Å². The van der Waals surface area contributed by atoms with Gasteiger partial charge < -0.3 is 9.47 Å². The molecule has 0 aliphatic heterocycles. The molecule has 2 atom stereocenters. The summed E-state index contributed by atoms with van der Waals surface area (Å²) in [5.41, 5.74) is 0. The van der Waals surface area contributed by atoms with Crippen molar-refractivity contribution in [2.75, 3.05) is 26.4 Å². The number of rotatable bonds is 40. The number of allylic oxidation sites excluding steroid dienone is 2. The Morgan fingerprint density at radius 2 is 0.922 bits per heavy atom. The zero-order chi connectivity index (χ0) is 37.5. The van der Waals surface area contributed by atoms with Crippen LogP contribution in [0.2, 0.25) is 0 Å². The third kappa shape index (κ3) is 35.6. The summed E-state index contributed by atoms with van der Waals surface area (Å²) in [7, 11) is -3.81. The Kier molecular flexibility index (Phi) is 37.6. The van der Waals surface area contributed by atoms with Gasteiger partial charge in [-0.1, -0.05) is 161 Å². The number of esters is 2. The van der Waals surface area contributed by atoms with E-state index < -0.39 is 13.9 Å². The number of unbranched alkanes of at least 4 members (excludes halogenated alkanes) is 23. The average Bonchev–Trinajstić information content (AvgIpc) is 3.12. The predicted molar refractivity (Wildman–Crippen MR) is 212 cm³/mol. The summed E-state index contributed by atoms with van der Waals surface area (Å²) in [5, 5.41) is 0. The van der Waals surface area contributed by atoms with E-state index in [1.165, 1.54) is 116 Å². The molecule has 9 heteroatoms. The summed E-state index contributed by atoms with van der Waals surface area (Å²) in [4.78, 5) is 25.2. The Morgan fingerprint density at radius 1 is 0.490 bits per heavy atom. The molecular formula is C42H81O8P. The van der Waals surface area contributed by atoms with Crippen molar-refractivity contribution in [2.45, 2.75) is 220 Å². The minimum atomic E-state index is -3.81. The molecule has 0 amide bonds. The van der Waals surface area contributed by atoms with Gasteiger partial charge in [0.15, 0.2) is 6.10 Å². The Morgan fingerprint density at radius 3 is 1.37 bits per heavy atom. The molecule has 302 valence electrons.